The number of aliphatic carboxylic acids is 1. The third-order valence-electron chi connectivity index (χ3n) is 2.96. The van der Waals surface area contributed by atoms with Crippen molar-refractivity contribution in [1.82, 2.24) is 24.7 Å². The van der Waals surface area contributed by atoms with Crippen LogP contribution in [0.1, 0.15) is 0 Å². The van der Waals surface area contributed by atoms with E-state index in [0.717, 1.165) is 22.7 Å². The third kappa shape index (κ3) is 2.31. The Morgan fingerprint density at radius 2 is 2.14 bits per heavy atom. The Morgan fingerprint density at radius 3 is 2.90 bits per heavy atom. The van der Waals surface area contributed by atoms with Crippen LogP contribution >= 0.6 is 11.8 Å². The van der Waals surface area contributed by atoms with Crippen LogP contribution in [0, 0.1) is 0 Å². The van der Waals surface area contributed by atoms with Gasteiger partial charge in [0.1, 0.15) is 5.69 Å². The lowest BCUT2D eigenvalue weighted by Crippen LogP contribution is -2.13. The van der Waals surface area contributed by atoms with E-state index in [9.17, 15) is 4.79 Å². The molecule has 8 nitrogen and oxygen atoms in total. The molecule has 108 valence electrons. The first-order chi connectivity index (χ1) is 10.1. The van der Waals surface area contributed by atoms with Gasteiger partial charge in [-0.05, 0) is 6.07 Å². The first-order valence-electron chi connectivity index (χ1n) is 6.05. The van der Waals surface area contributed by atoms with Crippen LogP contribution < -0.4 is 5.84 Å². The number of carboxylic acids is 1. The van der Waals surface area contributed by atoms with Crippen molar-refractivity contribution >= 4 is 28.6 Å². The van der Waals surface area contributed by atoms with Gasteiger partial charge >= 0.3 is 5.97 Å². The fourth-order valence-corrected chi connectivity index (χ4v) is 2.62. The molecule has 0 bridgehead atoms. The number of aromatic nitrogens is 5. The van der Waals surface area contributed by atoms with E-state index in [1.807, 2.05) is 31.3 Å². The zero-order chi connectivity index (χ0) is 15.0. The van der Waals surface area contributed by atoms with Crippen molar-refractivity contribution in [2.24, 2.45) is 7.05 Å². The van der Waals surface area contributed by atoms with Crippen LogP contribution in [-0.4, -0.2) is 41.5 Å². The number of benzene rings is 1. The molecular weight excluding hydrogens is 292 g/mol. The van der Waals surface area contributed by atoms with E-state index < -0.39 is 5.97 Å². The topological polar surface area (TPSA) is 112 Å². The molecule has 2 aromatic heterocycles. The Labute approximate surface area is 123 Å². The average molecular weight is 304 g/mol. The minimum Gasteiger partial charge on any atom is -0.481 e. The van der Waals surface area contributed by atoms with Crippen LogP contribution in [0.4, 0.5) is 0 Å². The second-order valence-electron chi connectivity index (χ2n) is 4.35. The van der Waals surface area contributed by atoms with Gasteiger partial charge in [-0.3, -0.25) is 9.48 Å². The molecule has 9 heteroatoms. The second kappa shape index (κ2) is 5.09. The summed E-state index contributed by atoms with van der Waals surface area (Å²) in [5.74, 6) is 5.29. The number of aryl methyl sites for hydroxylation is 1. The van der Waals surface area contributed by atoms with Gasteiger partial charge in [0.2, 0.25) is 11.0 Å². The molecule has 3 aromatic rings. The number of fused-ring (bicyclic) bond motifs is 1. The van der Waals surface area contributed by atoms with Crippen molar-refractivity contribution < 1.29 is 9.90 Å². The van der Waals surface area contributed by atoms with Gasteiger partial charge in [-0.2, -0.15) is 5.10 Å². The van der Waals surface area contributed by atoms with Crippen molar-refractivity contribution in [2.45, 2.75) is 5.16 Å². The van der Waals surface area contributed by atoms with Gasteiger partial charge in [0.25, 0.3) is 0 Å². The fourth-order valence-electron chi connectivity index (χ4n) is 2.04. The van der Waals surface area contributed by atoms with Gasteiger partial charge in [0, 0.05) is 12.4 Å². The molecule has 3 N–H and O–H groups in total. The molecule has 0 unspecified atom stereocenters. The summed E-state index contributed by atoms with van der Waals surface area (Å²) in [5, 5.41) is 22.3. The number of hydrogen-bond donors (Lipinski definition) is 2. The second-order valence-corrected chi connectivity index (χ2v) is 5.29. The minimum atomic E-state index is -0.937. The number of nitrogens with zero attached hydrogens (tertiary/aromatic N) is 5. The van der Waals surface area contributed by atoms with Crippen molar-refractivity contribution in [3.63, 3.8) is 0 Å². The van der Waals surface area contributed by atoms with Gasteiger partial charge in [-0.25, -0.2) is 4.68 Å². The summed E-state index contributed by atoms with van der Waals surface area (Å²) in [6, 6.07) is 7.71. The summed E-state index contributed by atoms with van der Waals surface area (Å²) in [6.07, 6.45) is 0. The number of carboxylic acid groups (broad SMARTS) is 1. The summed E-state index contributed by atoms with van der Waals surface area (Å²) in [5.41, 5.74) is 1.57. The SMILES string of the molecule is Cn1nc(-c2nnc(SCC(=O)O)n2N)c2ccccc21. The van der Waals surface area contributed by atoms with Gasteiger partial charge in [0.05, 0.1) is 11.3 Å². The highest BCUT2D eigenvalue weighted by Gasteiger charge is 2.18. The lowest BCUT2D eigenvalue weighted by atomic mass is 10.2. The van der Waals surface area contributed by atoms with Crippen molar-refractivity contribution in [3.8, 4) is 11.5 Å². The van der Waals surface area contributed by atoms with E-state index in [0.29, 0.717) is 16.7 Å². The third-order valence-corrected chi connectivity index (χ3v) is 3.89. The number of para-hydroxylation sites is 1. The molecule has 0 aliphatic heterocycles. The maximum atomic E-state index is 10.6. The Bertz CT molecular complexity index is 824. The number of hydrogen-bond acceptors (Lipinski definition) is 6. The summed E-state index contributed by atoms with van der Waals surface area (Å²) >= 11 is 1.01. The van der Waals surface area contributed by atoms with E-state index in [4.69, 9.17) is 10.9 Å². The predicted molar refractivity (Wildman–Crippen MR) is 78.2 cm³/mol. The number of rotatable bonds is 4. The molecule has 1 aromatic carbocycles. The van der Waals surface area contributed by atoms with Crippen LogP contribution in [0.15, 0.2) is 29.4 Å². The number of carbonyl (C=O) groups is 1. The van der Waals surface area contributed by atoms with E-state index >= 15 is 0 Å². The standard InChI is InChI=1S/C12H12N6O2S/c1-17-8-5-3-2-4-7(8)10(16-17)11-14-15-12(18(11)13)21-6-9(19)20/h2-5H,6,13H2,1H3,(H,19,20). The summed E-state index contributed by atoms with van der Waals surface area (Å²) in [4.78, 5) is 10.6. The number of thioether (sulfide) groups is 1. The van der Waals surface area contributed by atoms with Crippen LogP contribution in [-0.2, 0) is 11.8 Å². The molecule has 0 atom stereocenters. The summed E-state index contributed by atoms with van der Waals surface area (Å²) in [7, 11) is 1.84. The fraction of sp³-hybridized carbons (Fsp3) is 0.167. The molecule has 0 fully saturated rings. The molecule has 2 heterocycles. The molecule has 3 rings (SSSR count). The maximum absolute atomic E-state index is 10.6. The maximum Gasteiger partial charge on any atom is 0.313 e. The zero-order valence-corrected chi connectivity index (χ0v) is 11.9. The van der Waals surface area contributed by atoms with Gasteiger partial charge in [0.15, 0.2) is 0 Å². The van der Waals surface area contributed by atoms with E-state index in [1.54, 1.807) is 4.68 Å². The zero-order valence-electron chi connectivity index (χ0n) is 11.1. The number of nitrogens with two attached hydrogens (primary N) is 1. The Balaban J connectivity index is 2.05. The van der Waals surface area contributed by atoms with Crippen LogP contribution in [0.5, 0.6) is 0 Å². The Morgan fingerprint density at radius 1 is 1.38 bits per heavy atom. The highest BCUT2D eigenvalue weighted by Crippen LogP contribution is 2.27. The molecular formula is C12H12N6O2S. The molecule has 0 radical (unpaired) electrons. The van der Waals surface area contributed by atoms with Crippen LogP contribution in [0.3, 0.4) is 0 Å². The first kappa shape index (κ1) is 13.4. The van der Waals surface area contributed by atoms with Crippen LogP contribution in [0.25, 0.3) is 22.4 Å². The highest BCUT2D eigenvalue weighted by molar-refractivity contribution is 7.99. The van der Waals surface area contributed by atoms with E-state index in [1.165, 1.54) is 4.68 Å². The minimum absolute atomic E-state index is 0.127. The average Bonchev–Trinajstić information content (AvgIpc) is 2.98. The predicted octanol–water partition coefficient (Wildman–Crippen LogP) is 0.722. The first-order valence-corrected chi connectivity index (χ1v) is 7.03. The number of nitrogen functional groups attached to an aromatic ring is 1. The van der Waals surface area contributed by atoms with Gasteiger partial charge in [-0.15, -0.1) is 10.2 Å². The molecule has 0 amide bonds. The molecule has 0 saturated carbocycles. The van der Waals surface area contributed by atoms with Crippen molar-refractivity contribution in [2.75, 3.05) is 11.6 Å². The largest absolute Gasteiger partial charge is 0.481 e. The normalized spacial score (nSPS) is 11.1. The van der Waals surface area contributed by atoms with Gasteiger partial charge < -0.3 is 10.9 Å². The lowest BCUT2D eigenvalue weighted by Gasteiger charge is -2.00. The Kier molecular flexibility index (Phi) is 3.26. The monoisotopic (exact) mass is 304 g/mol. The molecule has 21 heavy (non-hydrogen) atoms. The van der Waals surface area contributed by atoms with Crippen LogP contribution in [0.2, 0.25) is 0 Å². The smallest absolute Gasteiger partial charge is 0.313 e. The molecule has 0 aliphatic carbocycles. The quantitative estimate of drug-likeness (QED) is 0.539. The lowest BCUT2D eigenvalue weighted by molar-refractivity contribution is -0.133. The van der Waals surface area contributed by atoms with E-state index in [2.05, 4.69) is 15.3 Å². The summed E-state index contributed by atoms with van der Waals surface area (Å²) in [6.45, 7) is 0. The Hall–Kier alpha value is -2.55. The molecule has 0 aliphatic rings. The molecule has 0 saturated heterocycles. The van der Waals surface area contributed by atoms with Gasteiger partial charge in [-0.1, -0.05) is 30.0 Å². The highest BCUT2D eigenvalue weighted by atomic mass is 32.2. The van der Waals surface area contributed by atoms with E-state index in [-0.39, 0.29) is 5.75 Å². The summed E-state index contributed by atoms with van der Waals surface area (Å²) < 4.78 is 3.01. The molecule has 0 spiro atoms. The van der Waals surface area contributed by atoms with Crippen molar-refractivity contribution in [3.05, 3.63) is 24.3 Å². The van der Waals surface area contributed by atoms with Crippen molar-refractivity contribution in [1.29, 1.82) is 0 Å².